The van der Waals surface area contributed by atoms with E-state index < -0.39 is 0 Å². The number of carbonyl (C=O) groups excluding carboxylic acids is 1. The molecule has 0 aliphatic carbocycles. The van der Waals surface area contributed by atoms with Gasteiger partial charge >= 0.3 is 0 Å². The molecule has 76 valence electrons. The normalized spacial score (nSPS) is 9.86. The zero-order valence-corrected chi connectivity index (χ0v) is 9.94. The summed E-state index contributed by atoms with van der Waals surface area (Å²) in [5.74, 6) is 0.499. The minimum atomic E-state index is -0.0670. The number of carbonyl (C=O) groups is 1. The molecule has 1 aromatic rings. The fourth-order valence-corrected chi connectivity index (χ4v) is 1.61. The van der Waals surface area contributed by atoms with Gasteiger partial charge in [0.05, 0.1) is 5.56 Å². The van der Waals surface area contributed by atoms with E-state index in [0.717, 1.165) is 10.9 Å². The van der Waals surface area contributed by atoms with Crippen LogP contribution in [-0.2, 0) is 0 Å². The van der Waals surface area contributed by atoms with Crippen molar-refractivity contribution in [2.75, 3.05) is 12.4 Å². The zero-order valence-electron chi connectivity index (χ0n) is 7.59. The summed E-state index contributed by atoms with van der Waals surface area (Å²) in [6, 6.07) is 7.33. The van der Waals surface area contributed by atoms with Gasteiger partial charge in [-0.1, -0.05) is 12.1 Å². The molecule has 0 aromatic heterocycles. The predicted molar refractivity (Wildman–Crippen MR) is 61.8 cm³/mol. The van der Waals surface area contributed by atoms with Crippen molar-refractivity contribution in [3.63, 3.8) is 0 Å². The van der Waals surface area contributed by atoms with E-state index in [1.54, 1.807) is 6.07 Å². The zero-order chi connectivity index (χ0) is 10.4. The Morgan fingerprint density at radius 1 is 1.43 bits per heavy atom. The van der Waals surface area contributed by atoms with Crippen LogP contribution in [0.4, 0.5) is 0 Å². The number of halogens is 2. The van der Waals surface area contributed by atoms with E-state index in [2.05, 4.69) is 21.2 Å². The first-order valence-corrected chi connectivity index (χ1v) is 5.67. The average Bonchev–Trinajstić information content (AvgIpc) is 2.18. The molecule has 0 heterocycles. The van der Waals surface area contributed by atoms with Crippen molar-refractivity contribution >= 4 is 33.4 Å². The number of hydrogen-bond acceptors (Lipinski definition) is 1. The van der Waals surface area contributed by atoms with Crippen molar-refractivity contribution in [1.29, 1.82) is 0 Å². The lowest BCUT2D eigenvalue weighted by Gasteiger charge is -2.05. The van der Waals surface area contributed by atoms with E-state index in [0.29, 0.717) is 18.0 Å². The fraction of sp³-hybridized carbons (Fsp3) is 0.300. The van der Waals surface area contributed by atoms with E-state index in [1.807, 2.05) is 18.2 Å². The van der Waals surface area contributed by atoms with Gasteiger partial charge in [0.25, 0.3) is 5.91 Å². The van der Waals surface area contributed by atoms with Crippen LogP contribution in [0, 0.1) is 0 Å². The SMILES string of the molecule is O=C(NCCCCl)c1ccccc1Br. The minimum absolute atomic E-state index is 0.0670. The van der Waals surface area contributed by atoms with Crippen LogP contribution in [0.25, 0.3) is 0 Å². The number of amides is 1. The minimum Gasteiger partial charge on any atom is -0.352 e. The maximum Gasteiger partial charge on any atom is 0.252 e. The van der Waals surface area contributed by atoms with Gasteiger partial charge in [-0.3, -0.25) is 4.79 Å². The summed E-state index contributed by atoms with van der Waals surface area (Å²) in [5, 5.41) is 2.79. The number of nitrogens with one attached hydrogen (secondary N) is 1. The second-order valence-electron chi connectivity index (χ2n) is 2.78. The molecule has 14 heavy (non-hydrogen) atoms. The third-order valence-electron chi connectivity index (χ3n) is 1.71. The maximum atomic E-state index is 11.6. The first-order valence-electron chi connectivity index (χ1n) is 4.34. The molecule has 0 radical (unpaired) electrons. The molecular formula is C10H11BrClNO. The molecule has 0 fully saturated rings. The molecule has 0 aliphatic rings. The molecule has 0 saturated carbocycles. The van der Waals surface area contributed by atoms with Crippen molar-refractivity contribution in [2.45, 2.75) is 6.42 Å². The second kappa shape index (κ2) is 6.04. The van der Waals surface area contributed by atoms with Crippen molar-refractivity contribution in [3.05, 3.63) is 34.3 Å². The van der Waals surface area contributed by atoms with Crippen LogP contribution in [0.2, 0.25) is 0 Å². The summed E-state index contributed by atoms with van der Waals surface area (Å²) >= 11 is 8.82. The van der Waals surface area contributed by atoms with E-state index >= 15 is 0 Å². The second-order valence-corrected chi connectivity index (χ2v) is 4.01. The van der Waals surface area contributed by atoms with Crippen LogP contribution in [-0.4, -0.2) is 18.3 Å². The third-order valence-corrected chi connectivity index (χ3v) is 2.67. The van der Waals surface area contributed by atoms with Crippen molar-refractivity contribution < 1.29 is 4.79 Å². The van der Waals surface area contributed by atoms with Crippen molar-refractivity contribution in [1.82, 2.24) is 5.32 Å². The van der Waals surface area contributed by atoms with Gasteiger partial charge in [-0.05, 0) is 34.5 Å². The van der Waals surface area contributed by atoms with E-state index in [9.17, 15) is 4.79 Å². The molecule has 0 spiro atoms. The maximum absolute atomic E-state index is 11.6. The van der Waals surface area contributed by atoms with E-state index in [4.69, 9.17) is 11.6 Å². The molecule has 0 atom stereocenters. The smallest absolute Gasteiger partial charge is 0.252 e. The van der Waals surface area contributed by atoms with Crippen LogP contribution < -0.4 is 5.32 Å². The number of benzene rings is 1. The predicted octanol–water partition coefficient (Wildman–Crippen LogP) is 2.81. The molecule has 0 aliphatic heterocycles. The van der Waals surface area contributed by atoms with Gasteiger partial charge in [0, 0.05) is 16.9 Å². The van der Waals surface area contributed by atoms with Crippen molar-refractivity contribution in [3.8, 4) is 0 Å². The number of rotatable bonds is 4. The number of hydrogen-bond donors (Lipinski definition) is 1. The monoisotopic (exact) mass is 275 g/mol. The van der Waals surface area contributed by atoms with Gasteiger partial charge in [-0.2, -0.15) is 0 Å². The lowest BCUT2D eigenvalue weighted by atomic mass is 10.2. The molecule has 1 N–H and O–H groups in total. The lowest BCUT2D eigenvalue weighted by Crippen LogP contribution is -2.24. The molecular weight excluding hydrogens is 265 g/mol. The molecule has 1 aromatic carbocycles. The molecule has 2 nitrogen and oxygen atoms in total. The largest absolute Gasteiger partial charge is 0.352 e. The summed E-state index contributed by atoms with van der Waals surface area (Å²) in [5.41, 5.74) is 0.655. The summed E-state index contributed by atoms with van der Waals surface area (Å²) < 4.78 is 0.809. The summed E-state index contributed by atoms with van der Waals surface area (Å²) in [7, 11) is 0. The van der Waals surface area contributed by atoms with Crippen LogP contribution in [0.3, 0.4) is 0 Å². The topological polar surface area (TPSA) is 29.1 Å². The van der Waals surface area contributed by atoms with Crippen LogP contribution in [0.1, 0.15) is 16.8 Å². The Kier molecular flexibility index (Phi) is 4.98. The van der Waals surface area contributed by atoms with Gasteiger partial charge in [-0.25, -0.2) is 0 Å². The van der Waals surface area contributed by atoms with Crippen LogP contribution in [0.5, 0.6) is 0 Å². The summed E-state index contributed by atoms with van der Waals surface area (Å²) in [6.45, 7) is 0.615. The molecule has 4 heteroatoms. The van der Waals surface area contributed by atoms with Gasteiger partial charge in [0.2, 0.25) is 0 Å². The first kappa shape index (κ1) is 11.5. The highest BCUT2D eigenvalue weighted by Crippen LogP contribution is 2.15. The van der Waals surface area contributed by atoms with E-state index in [1.165, 1.54) is 0 Å². The summed E-state index contributed by atoms with van der Waals surface area (Å²) in [6.07, 6.45) is 0.789. The third kappa shape index (κ3) is 3.31. The quantitative estimate of drug-likeness (QED) is 0.665. The van der Waals surface area contributed by atoms with Gasteiger partial charge in [0.15, 0.2) is 0 Å². The number of alkyl halides is 1. The molecule has 1 rings (SSSR count). The van der Waals surface area contributed by atoms with Gasteiger partial charge in [0.1, 0.15) is 0 Å². The average molecular weight is 277 g/mol. The van der Waals surface area contributed by atoms with E-state index in [-0.39, 0.29) is 5.91 Å². The summed E-state index contributed by atoms with van der Waals surface area (Å²) in [4.78, 5) is 11.6. The van der Waals surface area contributed by atoms with Gasteiger partial charge < -0.3 is 5.32 Å². The Hall–Kier alpha value is -0.540. The molecule has 0 unspecified atom stereocenters. The van der Waals surface area contributed by atoms with Crippen LogP contribution in [0.15, 0.2) is 28.7 Å². The first-order chi connectivity index (χ1) is 6.75. The Balaban J connectivity index is 2.56. The van der Waals surface area contributed by atoms with Crippen molar-refractivity contribution in [2.24, 2.45) is 0 Å². The Morgan fingerprint density at radius 3 is 2.79 bits per heavy atom. The standard InChI is InChI=1S/C10H11BrClNO/c11-9-5-2-1-4-8(9)10(14)13-7-3-6-12/h1-2,4-5H,3,6-7H2,(H,13,14). The highest BCUT2D eigenvalue weighted by atomic mass is 79.9. The highest BCUT2D eigenvalue weighted by molar-refractivity contribution is 9.10. The lowest BCUT2D eigenvalue weighted by molar-refractivity contribution is 0.0953. The van der Waals surface area contributed by atoms with Gasteiger partial charge in [-0.15, -0.1) is 11.6 Å². The Morgan fingerprint density at radius 2 is 2.14 bits per heavy atom. The fourth-order valence-electron chi connectivity index (χ4n) is 1.01. The molecule has 0 saturated heterocycles. The highest BCUT2D eigenvalue weighted by Gasteiger charge is 2.07. The molecule has 1 amide bonds. The Bertz CT molecular complexity index is 317. The Labute approximate surface area is 96.8 Å². The van der Waals surface area contributed by atoms with Crippen LogP contribution >= 0.6 is 27.5 Å². The molecule has 0 bridgehead atoms.